The lowest BCUT2D eigenvalue weighted by Crippen LogP contribution is -2.14. The van der Waals surface area contributed by atoms with Gasteiger partial charge in [0.2, 0.25) is 0 Å². The number of imidazole rings is 1. The molecule has 0 bridgehead atoms. The third-order valence-electron chi connectivity index (χ3n) is 3.20. The molecule has 2 aromatic rings. The van der Waals surface area contributed by atoms with Crippen molar-refractivity contribution in [1.82, 2.24) is 14.9 Å². The first-order valence-electron chi connectivity index (χ1n) is 6.46. The molecule has 1 aromatic heterocycles. The molecule has 96 valence electrons. The van der Waals surface area contributed by atoms with E-state index in [1.807, 2.05) is 19.4 Å². The minimum atomic E-state index is 0.895. The number of aromatic nitrogens is 2. The first-order valence-corrected chi connectivity index (χ1v) is 6.46. The van der Waals surface area contributed by atoms with E-state index < -0.39 is 0 Å². The molecule has 0 radical (unpaired) electrons. The summed E-state index contributed by atoms with van der Waals surface area (Å²) in [4.78, 5) is 4.40. The molecule has 1 heterocycles. The lowest BCUT2D eigenvalue weighted by molar-refractivity contribution is 0.717. The van der Waals surface area contributed by atoms with Gasteiger partial charge in [0.25, 0.3) is 0 Å². The number of hydrogen-bond donors (Lipinski definition) is 1. The molecule has 1 N–H and O–H groups in total. The number of rotatable bonds is 5. The Bertz CT molecular complexity index is 514. The molecule has 0 amide bonds. The summed E-state index contributed by atoms with van der Waals surface area (Å²) < 4.78 is 2.08. The summed E-state index contributed by atoms with van der Waals surface area (Å²) in [6.45, 7) is 6.19. The second-order valence-electron chi connectivity index (χ2n) is 4.68. The third kappa shape index (κ3) is 2.99. The average molecular weight is 243 g/mol. The fourth-order valence-corrected chi connectivity index (χ4v) is 2.09. The first-order chi connectivity index (χ1) is 8.70. The number of benzene rings is 1. The maximum absolute atomic E-state index is 4.40. The smallest absolute Gasteiger partial charge is 0.112 e. The van der Waals surface area contributed by atoms with Crippen molar-refractivity contribution < 1.29 is 0 Å². The van der Waals surface area contributed by atoms with Crippen LogP contribution in [0, 0.1) is 6.92 Å². The van der Waals surface area contributed by atoms with E-state index in [1.165, 1.54) is 16.7 Å². The summed E-state index contributed by atoms with van der Waals surface area (Å²) in [5, 5.41) is 3.39. The summed E-state index contributed by atoms with van der Waals surface area (Å²) in [6.07, 6.45) is 4.75. The van der Waals surface area contributed by atoms with Gasteiger partial charge in [-0.05, 0) is 24.6 Å². The predicted molar refractivity (Wildman–Crippen MR) is 74.6 cm³/mol. The van der Waals surface area contributed by atoms with E-state index in [9.17, 15) is 0 Å². The SMILES string of the molecule is CCNCc1ccc(C)cc1Cc1nccn1C. The molecule has 0 atom stereocenters. The van der Waals surface area contributed by atoms with Gasteiger partial charge in [-0.1, -0.05) is 30.7 Å². The Hall–Kier alpha value is -1.61. The highest BCUT2D eigenvalue weighted by Gasteiger charge is 2.06. The van der Waals surface area contributed by atoms with Gasteiger partial charge in [0.05, 0.1) is 0 Å². The molecule has 18 heavy (non-hydrogen) atoms. The Morgan fingerprint density at radius 3 is 2.78 bits per heavy atom. The lowest BCUT2D eigenvalue weighted by atomic mass is 10.0. The van der Waals surface area contributed by atoms with Crippen molar-refractivity contribution in [3.05, 3.63) is 53.1 Å². The zero-order valence-corrected chi connectivity index (χ0v) is 11.4. The van der Waals surface area contributed by atoms with Crippen molar-refractivity contribution >= 4 is 0 Å². The highest BCUT2D eigenvalue weighted by molar-refractivity contribution is 5.33. The fourth-order valence-electron chi connectivity index (χ4n) is 2.09. The van der Waals surface area contributed by atoms with E-state index in [-0.39, 0.29) is 0 Å². The molecule has 0 spiro atoms. The molecular formula is C15H21N3. The van der Waals surface area contributed by atoms with Crippen LogP contribution in [0.2, 0.25) is 0 Å². The molecule has 0 unspecified atom stereocenters. The van der Waals surface area contributed by atoms with Crippen molar-refractivity contribution in [3.63, 3.8) is 0 Å². The standard InChI is InChI=1S/C15H21N3/c1-4-16-11-13-6-5-12(2)9-14(13)10-15-17-7-8-18(15)3/h5-9,16H,4,10-11H2,1-3H3. The summed E-state index contributed by atoms with van der Waals surface area (Å²) in [5.41, 5.74) is 4.04. The summed E-state index contributed by atoms with van der Waals surface area (Å²) in [5.74, 6) is 1.11. The van der Waals surface area contributed by atoms with Crippen LogP contribution in [0.1, 0.15) is 29.4 Å². The van der Waals surface area contributed by atoms with Gasteiger partial charge in [0.1, 0.15) is 5.82 Å². The summed E-state index contributed by atoms with van der Waals surface area (Å²) in [7, 11) is 2.04. The van der Waals surface area contributed by atoms with Crippen LogP contribution in [0.5, 0.6) is 0 Å². The number of aryl methyl sites for hydroxylation is 2. The topological polar surface area (TPSA) is 29.9 Å². The minimum absolute atomic E-state index is 0.895. The molecular weight excluding hydrogens is 222 g/mol. The molecule has 3 heteroatoms. The highest BCUT2D eigenvalue weighted by Crippen LogP contribution is 2.15. The Kier molecular flexibility index (Phi) is 4.15. The monoisotopic (exact) mass is 243 g/mol. The van der Waals surface area contributed by atoms with Gasteiger partial charge in [0, 0.05) is 32.4 Å². The van der Waals surface area contributed by atoms with Gasteiger partial charge in [-0.25, -0.2) is 4.98 Å². The largest absolute Gasteiger partial charge is 0.338 e. The van der Waals surface area contributed by atoms with Crippen LogP contribution in [0.25, 0.3) is 0 Å². The van der Waals surface area contributed by atoms with Crippen molar-refractivity contribution in [1.29, 1.82) is 0 Å². The Balaban J connectivity index is 2.24. The quantitative estimate of drug-likeness (QED) is 0.874. The molecule has 0 fully saturated rings. The third-order valence-corrected chi connectivity index (χ3v) is 3.20. The van der Waals surface area contributed by atoms with E-state index in [0.29, 0.717) is 0 Å². The molecule has 3 nitrogen and oxygen atoms in total. The molecule has 0 saturated carbocycles. The second kappa shape index (κ2) is 5.83. The van der Waals surface area contributed by atoms with Crippen LogP contribution in [0.15, 0.2) is 30.6 Å². The van der Waals surface area contributed by atoms with Gasteiger partial charge in [-0.2, -0.15) is 0 Å². The Morgan fingerprint density at radius 1 is 1.28 bits per heavy atom. The van der Waals surface area contributed by atoms with E-state index in [2.05, 4.69) is 46.9 Å². The van der Waals surface area contributed by atoms with Crippen LogP contribution in [0.3, 0.4) is 0 Å². The summed E-state index contributed by atoms with van der Waals surface area (Å²) in [6, 6.07) is 6.66. The maximum Gasteiger partial charge on any atom is 0.112 e. The molecule has 0 aliphatic heterocycles. The van der Waals surface area contributed by atoms with Crippen LogP contribution in [0.4, 0.5) is 0 Å². The zero-order valence-electron chi connectivity index (χ0n) is 11.4. The van der Waals surface area contributed by atoms with Crippen LogP contribution in [-0.4, -0.2) is 16.1 Å². The molecule has 0 aliphatic carbocycles. The van der Waals surface area contributed by atoms with Crippen LogP contribution >= 0.6 is 0 Å². The fraction of sp³-hybridized carbons (Fsp3) is 0.400. The second-order valence-corrected chi connectivity index (χ2v) is 4.68. The van der Waals surface area contributed by atoms with Crippen LogP contribution < -0.4 is 5.32 Å². The summed E-state index contributed by atoms with van der Waals surface area (Å²) >= 11 is 0. The van der Waals surface area contributed by atoms with E-state index in [4.69, 9.17) is 0 Å². The van der Waals surface area contributed by atoms with Gasteiger partial charge >= 0.3 is 0 Å². The molecule has 1 aromatic carbocycles. The van der Waals surface area contributed by atoms with E-state index >= 15 is 0 Å². The normalized spacial score (nSPS) is 10.8. The number of hydrogen-bond acceptors (Lipinski definition) is 2. The first kappa shape index (κ1) is 12.8. The van der Waals surface area contributed by atoms with Gasteiger partial charge in [0.15, 0.2) is 0 Å². The van der Waals surface area contributed by atoms with Gasteiger partial charge < -0.3 is 9.88 Å². The van der Waals surface area contributed by atoms with Crippen molar-refractivity contribution in [3.8, 4) is 0 Å². The lowest BCUT2D eigenvalue weighted by Gasteiger charge is -2.11. The number of nitrogens with one attached hydrogen (secondary N) is 1. The molecule has 0 saturated heterocycles. The average Bonchev–Trinajstić information content (AvgIpc) is 2.74. The van der Waals surface area contributed by atoms with Crippen molar-refractivity contribution in [2.45, 2.75) is 26.8 Å². The molecule has 2 rings (SSSR count). The van der Waals surface area contributed by atoms with E-state index in [0.717, 1.165) is 25.3 Å². The molecule has 0 aliphatic rings. The zero-order chi connectivity index (χ0) is 13.0. The Morgan fingerprint density at radius 2 is 2.11 bits per heavy atom. The van der Waals surface area contributed by atoms with Crippen LogP contribution in [-0.2, 0) is 20.0 Å². The van der Waals surface area contributed by atoms with Crippen molar-refractivity contribution in [2.24, 2.45) is 7.05 Å². The highest BCUT2D eigenvalue weighted by atomic mass is 15.0. The van der Waals surface area contributed by atoms with Crippen molar-refractivity contribution in [2.75, 3.05) is 6.54 Å². The predicted octanol–water partition coefficient (Wildman–Crippen LogP) is 2.43. The minimum Gasteiger partial charge on any atom is -0.338 e. The maximum atomic E-state index is 4.40. The Labute approximate surface area is 109 Å². The number of nitrogens with zero attached hydrogens (tertiary/aromatic N) is 2. The van der Waals surface area contributed by atoms with Gasteiger partial charge in [-0.3, -0.25) is 0 Å². The van der Waals surface area contributed by atoms with E-state index in [1.54, 1.807) is 0 Å². The van der Waals surface area contributed by atoms with Gasteiger partial charge in [-0.15, -0.1) is 0 Å².